The first-order valence-electron chi connectivity index (χ1n) is 3.94. The highest BCUT2D eigenvalue weighted by Crippen LogP contribution is 2.06. The zero-order valence-electron chi connectivity index (χ0n) is 7.23. The van der Waals surface area contributed by atoms with Gasteiger partial charge in [-0.2, -0.15) is 0 Å². The minimum absolute atomic E-state index is 0.488. The highest BCUT2D eigenvalue weighted by atomic mass is 16.5. The number of aromatic nitrogens is 2. The molecule has 0 amide bonds. The van der Waals surface area contributed by atoms with Gasteiger partial charge >= 0.3 is 0 Å². The number of nitrogens with zero attached hydrogens (tertiary/aromatic N) is 3. The molecule has 1 aromatic rings. The molecule has 2 rings (SSSR count). The lowest BCUT2D eigenvalue weighted by Gasteiger charge is -2.00. The molecule has 5 heteroatoms. The summed E-state index contributed by atoms with van der Waals surface area (Å²) in [5, 5.41) is 0. The van der Waals surface area contributed by atoms with Crippen LogP contribution in [0.2, 0.25) is 0 Å². The minimum Gasteiger partial charge on any atom is -0.480 e. The van der Waals surface area contributed by atoms with Crippen LogP contribution in [-0.2, 0) is 4.74 Å². The maximum absolute atomic E-state index is 5.22. The number of rotatable bonds is 2. The fourth-order valence-corrected chi connectivity index (χ4v) is 1.02. The molecule has 0 fully saturated rings. The number of ether oxygens (including phenoxy) is 2. The summed E-state index contributed by atoms with van der Waals surface area (Å²) in [7, 11) is 1.55. The SMILES string of the molecule is COc1cnc(C2=NCCO2)cn1. The van der Waals surface area contributed by atoms with Crippen molar-refractivity contribution in [1.29, 1.82) is 0 Å². The summed E-state index contributed by atoms with van der Waals surface area (Å²) in [5.74, 6) is 1.05. The Morgan fingerprint density at radius 3 is 2.85 bits per heavy atom. The highest BCUT2D eigenvalue weighted by molar-refractivity contribution is 5.92. The summed E-state index contributed by atoms with van der Waals surface area (Å²) >= 11 is 0. The predicted molar refractivity (Wildman–Crippen MR) is 45.9 cm³/mol. The van der Waals surface area contributed by atoms with E-state index in [-0.39, 0.29) is 0 Å². The first-order chi connectivity index (χ1) is 6.40. The standard InChI is InChI=1S/C8H9N3O2/c1-12-7-5-10-6(4-11-7)8-9-2-3-13-8/h4-5H,2-3H2,1H3. The van der Waals surface area contributed by atoms with Crippen molar-refractivity contribution in [3.05, 3.63) is 18.1 Å². The van der Waals surface area contributed by atoms with E-state index in [0.717, 1.165) is 0 Å². The maximum Gasteiger partial charge on any atom is 0.237 e. The molecular formula is C8H9N3O2. The normalized spacial score (nSPS) is 15.0. The van der Waals surface area contributed by atoms with E-state index in [0.29, 0.717) is 30.6 Å². The molecule has 2 heterocycles. The van der Waals surface area contributed by atoms with Crippen LogP contribution in [0, 0.1) is 0 Å². The number of hydrogen-bond acceptors (Lipinski definition) is 5. The minimum atomic E-state index is 0.488. The molecule has 0 aromatic carbocycles. The van der Waals surface area contributed by atoms with Crippen molar-refractivity contribution < 1.29 is 9.47 Å². The summed E-state index contributed by atoms with van der Waals surface area (Å²) in [6.45, 7) is 1.33. The molecule has 1 aliphatic rings. The molecule has 0 bridgehead atoms. The Hall–Kier alpha value is -1.65. The van der Waals surface area contributed by atoms with E-state index in [4.69, 9.17) is 9.47 Å². The van der Waals surface area contributed by atoms with Crippen LogP contribution in [0.3, 0.4) is 0 Å². The predicted octanol–water partition coefficient (Wildman–Crippen LogP) is 0.262. The Morgan fingerprint density at radius 2 is 2.31 bits per heavy atom. The Labute approximate surface area is 75.4 Å². The molecular weight excluding hydrogens is 170 g/mol. The molecule has 0 spiro atoms. The lowest BCUT2D eigenvalue weighted by molar-refractivity contribution is 0.347. The van der Waals surface area contributed by atoms with E-state index < -0.39 is 0 Å². The number of hydrogen-bond donors (Lipinski definition) is 0. The van der Waals surface area contributed by atoms with Gasteiger partial charge in [0.25, 0.3) is 0 Å². The van der Waals surface area contributed by atoms with Crippen molar-refractivity contribution in [1.82, 2.24) is 9.97 Å². The van der Waals surface area contributed by atoms with Gasteiger partial charge in [-0.3, -0.25) is 0 Å². The second kappa shape index (κ2) is 3.38. The van der Waals surface area contributed by atoms with E-state index >= 15 is 0 Å². The highest BCUT2D eigenvalue weighted by Gasteiger charge is 2.11. The van der Waals surface area contributed by atoms with Crippen molar-refractivity contribution in [2.45, 2.75) is 0 Å². The van der Waals surface area contributed by atoms with Crippen LogP contribution in [0.15, 0.2) is 17.4 Å². The Morgan fingerprint density at radius 1 is 1.38 bits per heavy atom. The fraction of sp³-hybridized carbons (Fsp3) is 0.375. The van der Waals surface area contributed by atoms with Gasteiger partial charge in [-0.25, -0.2) is 15.0 Å². The number of aliphatic imine (C=N–C) groups is 1. The van der Waals surface area contributed by atoms with Gasteiger partial charge in [-0.15, -0.1) is 0 Å². The number of methoxy groups -OCH3 is 1. The van der Waals surface area contributed by atoms with Crippen LogP contribution in [-0.4, -0.2) is 36.1 Å². The molecule has 13 heavy (non-hydrogen) atoms. The van der Waals surface area contributed by atoms with Crippen LogP contribution >= 0.6 is 0 Å². The maximum atomic E-state index is 5.22. The largest absolute Gasteiger partial charge is 0.480 e. The molecule has 1 aliphatic heterocycles. The van der Waals surface area contributed by atoms with Crippen molar-refractivity contribution in [3.63, 3.8) is 0 Å². The van der Waals surface area contributed by atoms with Crippen molar-refractivity contribution >= 4 is 5.90 Å². The fourth-order valence-electron chi connectivity index (χ4n) is 1.02. The first kappa shape index (κ1) is 7.97. The third-order valence-corrected chi connectivity index (χ3v) is 1.64. The van der Waals surface area contributed by atoms with Crippen LogP contribution in [0.25, 0.3) is 0 Å². The Kier molecular flexibility index (Phi) is 2.08. The van der Waals surface area contributed by atoms with Crippen molar-refractivity contribution in [2.75, 3.05) is 20.3 Å². The third-order valence-electron chi connectivity index (χ3n) is 1.64. The lowest BCUT2D eigenvalue weighted by Crippen LogP contribution is -2.04. The van der Waals surface area contributed by atoms with Crippen LogP contribution in [0.1, 0.15) is 5.69 Å². The molecule has 1 aromatic heterocycles. The zero-order chi connectivity index (χ0) is 9.10. The molecule has 0 N–H and O–H groups in total. The third kappa shape index (κ3) is 1.58. The smallest absolute Gasteiger partial charge is 0.237 e. The van der Waals surface area contributed by atoms with E-state index in [1.165, 1.54) is 0 Å². The van der Waals surface area contributed by atoms with E-state index in [2.05, 4.69) is 15.0 Å². The van der Waals surface area contributed by atoms with Crippen molar-refractivity contribution in [2.24, 2.45) is 4.99 Å². The quantitative estimate of drug-likeness (QED) is 0.653. The molecule has 0 radical (unpaired) electrons. The lowest BCUT2D eigenvalue weighted by atomic mass is 10.4. The summed E-state index contributed by atoms with van der Waals surface area (Å²) in [4.78, 5) is 12.2. The van der Waals surface area contributed by atoms with E-state index in [1.54, 1.807) is 19.5 Å². The van der Waals surface area contributed by atoms with Crippen LogP contribution in [0.4, 0.5) is 0 Å². The molecule has 0 aliphatic carbocycles. The van der Waals surface area contributed by atoms with Crippen LogP contribution in [0.5, 0.6) is 5.88 Å². The van der Waals surface area contributed by atoms with Gasteiger partial charge in [0.2, 0.25) is 11.8 Å². The molecule has 0 unspecified atom stereocenters. The zero-order valence-corrected chi connectivity index (χ0v) is 7.23. The van der Waals surface area contributed by atoms with Gasteiger partial charge < -0.3 is 9.47 Å². The van der Waals surface area contributed by atoms with Gasteiger partial charge in [0, 0.05) is 0 Å². The van der Waals surface area contributed by atoms with Gasteiger partial charge in [-0.05, 0) is 0 Å². The Balaban J connectivity index is 2.22. The molecule has 0 atom stereocenters. The monoisotopic (exact) mass is 179 g/mol. The topological polar surface area (TPSA) is 56.6 Å². The average Bonchev–Trinajstić information content (AvgIpc) is 2.71. The van der Waals surface area contributed by atoms with Crippen molar-refractivity contribution in [3.8, 4) is 5.88 Å². The summed E-state index contributed by atoms with van der Waals surface area (Å²) in [6, 6.07) is 0. The molecule has 0 saturated heterocycles. The summed E-state index contributed by atoms with van der Waals surface area (Å²) in [6.07, 6.45) is 3.13. The summed E-state index contributed by atoms with van der Waals surface area (Å²) in [5.41, 5.74) is 0.651. The second-order valence-corrected chi connectivity index (χ2v) is 2.48. The second-order valence-electron chi connectivity index (χ2n) is 2.48. The molecule has 0 saturated carbocycles. The van der Waals surface area contributed by atoms with E-state index in [1.807, 2.05) is 0 Å². The van der Waals surface area contributed by atoms with Gasteiger partial charge in [0.15, 0.2) is 0 Å². The van der Waals surface area contributed by atoms with Crippen LogP contribution < -0.4 is 4.74 Å². The van der Waals surface area contributed by atoms with Gasteiger partial charge in [-0.1, -0.05) is 0 Å². The van der Waals surface area contributed by atoms with Gasteiger partial charge in [0.1, 0.15) is 12.3 Å². The molecule has 5 nitrogen and oxygen atoms in total. The summed E-state index contributed by atoms with van der Waals surface area (Å²) < 4.78 is 10.1. The average molecular weight is 179 g/mol. The first-order valence-corrected chi connectivity index (χ1v) is 3.94. The molecule has 68 valence electrons. The van der Waals surface area contributed by atoms with E-state index in [9.17, 15) is 0 Å². The Bertz CT molecular complexity index is 321. The van der Waals surface area contributed by atoms with Gasteiger partial charge in [0.05, 0.1) is 26.0 Å².